The molecule has 0 bridgehead atoms. The summed E-state index contributed by atoms with van der Waals surface area (Å²) in [6, 6.07) is 16.6. The normalized spacial score (nSPS) is 19.3. The Balaban J connectivity index is 1.15. The summed E-state index contributed by atoms with van der Waals surface area (Å²) in [6.07, 6.45) is 7.38. The first-order valence-corrected chi connectivity index (χ1v) is 14.4. The van der Waals surface area contributed by atoms with Gasteiger partial charge in [-0.25, -0.2) is 14.8 Å². The first kappa shape index (κ1) is 27.5. The summed E-state index contributed by atoms with van der Waals surface area (Å²) < 4.78 is 18.4. The summed E-state index contributed by atoms with van der Waals surface area (Å²) in [5.41, 5.74) is 5.28. The molecular weight excluding hydrogens is 515 g/mol. The number of rotatable bonds is 7. The second-order valence-electron chi connectivity index (χ2n) is 12.0. The van der Waals surface area contributed by atoms with Crippen LogP contribution in [0.1, 0.15) is 63.1 Å². The van der Waals surface area contributed by atoms with Crippen molar-refractivity contribution < 1.29 is 18.8 Å². The predicted molar refractivity (Wildman–Crippen MR) is 161 cm³/mol. The topological polar surface area (TPSA) is 85.8 Å². The highest BCUT2D eigenvalue weighted by atomic mass is 16.7. The standard InChI is InChI=1S/C32H37BN4O4/c1-31(2)32(3,4)41-33(40-31)23(17-22-18-34-29(35-19-22)37-15-9-10-16-37)20-36-30(38)39-21-28-26-13-7-5-11-24(26)25-12-6-8-14-27(25)28/h5-8,11-14,17-19,28H,9-10,15-16,20-21H2,1-4H3,(H,36,38). The molecule has 212 valence electrons. The number of anilines is 1. The Morgan fingerprint density at radius 1 is 0.976 bits per heavy atom. The minimum Gasteiger partial charge on any atom is -0.449 e. The Kier molecular flexibility index (Phi) is 7.34. The predicted octanol–water partition coefficient (Wildman–Crippen LogP) is 5.63. The van der Waals surface area contributed by atoms with Crippen molar-refractivity contribution in [1.29, 1.82) is 0 Å². The molecule has 0 radical (unpaired) electrons. The fourth-order valence-electron chi connectivity index (χ4n) is 5.72. The summed E-state index contributed by atoms with van der Waals surface area (Å²) in [7, 11) is -0.632. The quantitative estimate of drug-likeness (QED) is 0.380. The van der Waals surface area contributed by atoms with Gasteiger partial charge in [-0.3, -0.25) is 0 Å². The van der Waals surface area contributed by atoms with E-state index in [4.69, 9.17) is 14.0 Å². The molecule has 0 saturated carbocycles. The van der Waals surface area contributed by atoms with Crippen molar-refractivity contribution in [3.05, 3.63) is 83.1 Å². The first-order chi connectivity index (χ1) is 19.7. The molecule has 1 N–H and O–H groups in total. The number of alkyl carbamates (subject to hydrolysis) is 1. The van der Waals surface area contributed by atoms with Crippen molar-refractivity contribution in [2.24, 2.45) is 0 Å². The Bertz CT molecular complexity index is 1390. The number of amides is 1. The fourth-order valence-corrected chi connectivity index (χ4v) is 5.72. The summed E-state index contributed by atoms with van der Waals surface area (Å²) >= 11 is 0. The van der Waals surface area contributed by atoms with E-state index in [0.717, 1.165) is 30.1 Å². The van der Waals surface area contributed by atoms with Gasteiger partial charge in [-0.15, -0.1) is 0 Å². The molecule has 6 rings (SSSR count). The van der Waals surface area contributed by atoms with Crippen LogP contribution in [0.15, 0.2) is 66.4 Å². The van der Waals surface area contributed by atoms with Crippen molar-refractivity contribution >= 4 is 25.2 Å². The number of carbonyl (C=O) groups is 1. The molecule has 41 heavy (non-hydrogen) atoms. The van der Waals surface area contributed by atoms with E-state index in [1.807, 2.05) is 58.0 Å². The minimum atomic E-state index is -0.632. The van der Waals surface area contributed by atoms with Crippen molar-refractivity contribution in [2.45, 2.75) is 57.7 Å². The maximum absolute atomic E-state index is 13.0. The van der Waals surface area contributed by atoms with Crippen molar-refractivity contribution in [3.8, 4) is 11.1 Å². The number of nitrogens with one attached hydrogen (secondary N) is 1. The molecule has 2 fully saturated rings. The first-order valence-electron chi connectivity index (χ1n) is 14.4. The van der Waals surface area contributed by atoms with E-state index in [1.54, 1.807) is 12.4 Å². The van der Waals surface area contributed by atoms with Gasteiger partial charge in [0.2, 0.25) is 5.95 Å². The van der Waals surface area contributed by atoms with Crippen LogP contribution in [0.2, 0.25) is 0 Å². The zero-order valence-electron chi connectivity index (χ0n) is 24.2. The highest BCUT2D eigenvalue weighted by Crippen LogP contribution is 2.44. The molecule has 2 aliphatic heterocycles. The number of hydrogen-bond donors (Lipinski definition) is 1. The van der Waals surface area contributed by atoms with Gasteiger partial charge >= 0.3 is 13.2 Å². The van der Waals surface area contributed by atoms with Gasteiger partial charge in [0.1, 0.15) is 6.61 Å². The van der Waals surface area contributed by atoms with Crippen LogP contribution in [0, 0.1) is 0 Å². The van der Waals surface area contributed by atoms with Crippen LogP contribution in [-0.4, -0.2) is 60.6 Å². The zero-order valence-corrected chi connectivity index (χ0v) is 24.2. The number of benzene rings is 2. The van der Waals surface area contributed by atoms with Gasteiger partial charge in [-0.1, -0.05) is 54.6 Å². The molecule has 0 unspecified atom stereocenters. The lowest BCUT2D eigenvalue weighted by molar-refractivity contribution is 0.00578. The highest BCUT2D eigenvalue weighted by molar-refractivity contribution is 6.56. The number of aromatic nitrogens is 2. The lowest BCUT2D eigenvalue weighted by Crippen LogP contribution is -2.41. The van der Waals surface area contributed by atoms with E-state index in [9.17, 15) is 4.79 Å². The summed E-state index contributed by atoms with van der Waals surface area (Å²) in [5, 5.41) is 2.92. The maximum atomic E-state index is 13.0. The van der Waals surface area contributed by atoms with Crippen LogP contribution in [-0.2, 0) is 14.0 Å². The van der Waals surface area contributed by atoms with E-state index < -0.39 is 24.4 Å². The molecule has 0 atom stereocenters. The van der Waals surface area contributed by atoms with Crippen molar-refractivity contribution in [2.75, 3.05) is 31.1 Å². The van der Waals surface area contributed by atoms with Gasteiger partial charge in [-0.2, -0.15) is 0 Å². The van der Waals surface area contributed by atoms with Gasteiger partial charge in [0, 0.05) is 43.5 Å². The van der Waals surface area contributed by atoms with E-state index >= 15 is 0 Å². The lowest BCUT2D eigenvalue weighted by atomic mass is 9.77. The SMILES string of the molecule is CC1(C)OB(C(=Cc2cnc(N3CCCC3)nc2)CNC(=O)OCC2c3ccccc3-c3ccccc32)OC1(C)C. The average Bonchev–Trinajstić information content (AvgIpc) is 3.66. The summed E-state index contributed by atoms with van der Waals surface area (Å²) in [5.74, 6) is 0.742. The largest absolute Gasteiger partial charge is 0.492 e. The van der Waals surface area contributed by atoms with Gasteiger partial charge < -0.3 is 24.3 Å². The molecule has 3 aliphatic rings. The number of ether oxygens (including phenoxy) is 1. The maximum Gasteiger partial charge on any atom is 0.492 e. The van der Waals surface area contributed by atoms with Crippen LogP contribution in [0.4, 0.5) is 10.7 Å². The molecule has 1 aliphatic carbocycles. The number of hydrogen-bond acceptors (Lipinski definition) is 7. The molecule has 2 aromatic carbocycles. The number of fused-ring (bicyclic) bond motifs is 3. The third-order valence-electron chi connectivity index (χ3n) is 8.74. The van der Waals surface area contributed by atoms with E-state index in [-0.39, 0.29) is 19.1 Å². The molecule has 3 aromatic rings. The fraction of sp³-hybridized carbons (Fsp3) is 0.406. The third-order valence-corrected chi connectivity index (χ3v) is 8.74. The van der Waals surface area contributed by atoms with Gasteiger partial charge in [0.25, 0.3) is 0 Å². The molecule has 8 nitrogen and oxygen atoms in total. The molecule has 1 aromatic heterocycles. The Hall–Kier alpha value is -3.69. The number of nitrogens with zero attached hydrogens (tertiary/aromatic N) is 3. The van der Waals surface area contributed by atoms with Crippen molar-refractivity contribution in [3.63, 3.8) is 0 Å². The van der Waals surface area contributed by atoms with Crippen molar-refractivity contribution in [1.82, 2.24) is 15.3 Å². The second kappa shape index (κ2) is 10.9. The van der Waals surface area contributed by atoms with E-state index in [1.165, 1.54) is 35.1 Å². The van der Waals surface area contributed by atoms with Crippen LogP contribution < -0.4 is 10.2 Å². The second-order valence-corrected chi connectivity index (χ2v) is 12.0. The van der Waals surface area contributed by atoms with Gasteiger partial charge in [0.15, 0.2) is 0 Å². The van der Waals surface area contributed by atoms with Crippen LogP contribution in [0.3, 0.4) is 0 Å². The zero-order chi connectivity index (χ0) is 28.6. The molecule has 0 spiro atoms. The Labute approximate surface area is 242 Å². The molecule has 1 amide bonds. The molecular formula is C32H37BN4O4. The summed E-state index contributed by atoms with van der Waals surface area (Å²) in [6.45, 7) is 10.5. The van der Waals surface area contributed by atoms with Crippen LogP contribution in [0.25, 0.3) is 17.2 Å². The lowest BCUT2D eigenvalue weighted by Gasteiger charge is -2.32. The number of carbonyl (C=O) groups excluding carboxylic acids is 1. The monoisotopic (exact) mass is 552 g/mol. The Morgan fingerprint density at radius 3 is 2.12 bits per heavy atom. The van der Waals surface area contributed by atoms with E-state index in [2.05, 4.69) is 44.5 Å². The van der Waals surface area contributed by atoms with Gasteiger partial charge in [0.05, 0.1) is 11.2 Å². The molecule has 3 heterocycles. The average molecular weight is 552 g/mol. The smallest absolute Gasteiger partial charge is 0.449 e. The van der Waals surface area contributed by atoms with Crippen LogP contribution in [0.5, 0.6) is 0 Å². The Morgan fingerprint density at radius 2 is 1.54 bits per heavy atom. The molecule has 9 heteroatoms. The third kappa shape index (κ3) is 5.48. The van der Waals surface area contributed by atoms with Crippen LogP contribution >= 0.6 is 0 Å². The molecule has 2 saturated heterocycles. The van der Waals surface area contributed by atoms with Gasteiger partial charge in [-0.05, 0) is 68.3 Å². The highest BCUT2D eigenvalue weighted by Gasteiger charge is 2.52. The summed E-state index contributed by atoms with van der Waals surface area (Å²) in [4.78, 5) is 24.3. The minimum absolute atomic E-state index is 0.00229. The van der Waals surface area contributed by atoms with E-state index in [0.29, 0.717) is 0 Å².